The van der Waals surface area contributed by atoms with Gasteiger partial charge in [0, 0.05) is 12.1 Å². The molecule has 0 radical (unpaired) electrons. The lowest BCUT2D eigenvalue weighted by molar-refractivity contribution is -0.115. The maximum atomic E-state index is 11.2. The summed E-state index contributed by atoms with van der Waals surface area (Å²) in [4.78, 5) is 15.5. The third-order valence-corrected chi connectivity index (χ3v) is 3.08. The van der Waals surface area contributed by atoms with E-state index in [0.717, 1.165) is 15.9 Å². The number of rotatable bonds is 3. The largest absolute Gasteiger partial charge is 0.326 e. The van der Waals surface area contributed by atoms with Crippen molar-refractivity contribution >= 4 is 38.3 Å². The second-order valence-electron chi connectivity index (χ2n) is 3.25. The van der Waals surface area contributed by atoms with Gasteiger partial charge in [-0.2, -0.15) is 0 Å². The van der Waals surface area contributed by atoms with Crippen molar-refractivity contribution in [1.29, 1.82) is 0 Å². The molecular formula is C10H12N4OS. The van der Waals surface area contributed by atoms with Gasteiger partial charge in [0.1, 0.15) is 0 Å². The van der Waals surface area contributed by atoms with Crippen LogP contribution in [0.15, 0.2) is 18.2 Å². The first-order valence-corrected chi connectivity index (χ1v) is 5.71. The molecule has 0 atom stereocenters. The van der Waals surface area contributed by atoms with E-state index < -0.39 is 0 Å². The van der Waals surface area contributed by atoms with Gasteiger partial charge >= 0.3 is 0 Å². The Kier molecular flexibility index (Phi) is 3.02. The maximum Gasteiger partial charge on any atom is 0.224 e. The number of nitrogen functional groups attached to an aromatic ring is 1. The molecule has 5 nitrogen and oxygen atoms in total. The van der Waals surface area contributed by atoms with Crippen LogP contribution >= 0.6 is 11.3 Å². The molecule has 16 heavy (non-hydrogen) atoms. The molecule has 0 aliphatic heterocycles. The number of nitrogens with zero attached hydrogens (tertiary/aromatic N) is 1. The van der Waals surface area contributed by atoms with Crippen LogP contribution in [0.5, 0.6) is 0 Å². The van der Waals surface area contributed by atoms with Crippen molar-refractivity contribution in [2.75, 3.05) is 10.7 Å². The number of fused-ring (bicyclic) bond motifs is 1. The van der Waals surface area contributed by atoms with Crippen LogP contribution in [-0.4, -0.2) is 10.9 Å². The van der Waals surface area contributed by atoms with Gasteiger partial charge in [-0.1, -0.05) is 18.3 Å². The van der Waals surface area contributed by atoms with Crippen LogP contribution in [0.2, 0.25) is 0 Å². The predicted octanol–water partition coefficient (Wildman–Crippen LogP) is 1.93. The zero-order chi connectivity index (χ0) is 11.5. The minimum atomic E-state index is -0.00764. The Morgan fingerprint density at radius 1 is 1.56 bits per heavy atom. The summed E-state index contributed by atoms with van der Waals surface area (Å²) in [5, 5.41) is 3.45. The van der Waals surface area contributed by atoms with Crippen molar-refractivity contribution in [2.45, 2.75) is 13.3 Å². The number of carbonyl (C=O) groups excluding carboxylic acids is 1. The highest BCUT2D eigenvalue weighted by Gasteiger charge is 2.04. The number of aromatic nitrogens is 1. The van der Waals surface area contributed by atoms with Gasteiger partial charge in [0.15, 0.2) is 5.13 Å². The van der Waals surface area contributed by atoms with Crippen LogP contribution in [0.1, 0.15) is 13.3 Å². The van der Waals surface area contributed by atoms with Crippen LogP contribution in [0, 0.1) is 0 Å². The normalized spacial score (nSPS) is 10.4. The van der Waals surface area contributed by atoms with E-state index in [2.05, 4.69) is 15.7 Å². The molecule has 0 fully saturated rings. The third-order valence-electron chi connectivity index (χ3n) is 2.12. The van der Waals surface area contributed by atoms with Gasteiger partial charge in [-0.05, 0) is 18.2 Å². The number of thiazole rings is 1. The Morgan fingerprint density at radius 3 is 3.06 bits per heavy atom. The van der Waals surface area contributed by atoms with Crippen molar-refractivity contribution in [3.63, 3.8) is 0 Å². The molecule has 1 aromatic heterocycles. The second-order valence-corrected chi connectivity index (χ2v) is 4.28. The molecule has 0 bridgehead atoms. The van der Waals surface area contributed by atoms with Gasteiger partial charge in [0.2, 0.25) is 5.91 Å². The van der Waals surface area contributed by atoms with Crippen molar-refractivity contribution in [1.82, 2.24) is 4.98 Å². The van der Waals surface area contributed by atoms with E-state index in [1.807, 2.05) is 25.1 Å². The number of hydrogen-bond donors (Lipinski definition) is 3. The van der Waals surface area contributed by atoms with E-state index in [1.54, 1.807) is 0 Å². The van der Waals surface area contributed by atoms with E-state index in [1.165, 1.54) is 11.3 Å². The molecule has 84 valence electrons. The highest BCUT2D eigenvalue weighted by molar-refractivity contribution is 7.22. The topological polar surface area (TPSA) is 80.0 Å². The number of hydrazine groups is 1. The highest BCUT2D eigenvalue weighted by Crippen LogP contribution is 2.27. The average molecular weight is 236 g/mol. The number of hydrogen-bond acceptors (Lipinski definition) is 5. The molecule has 1 aromatic carbocycles. The third kappa shape index (κ3) is 2.12. The lowest BCUT2D eigenvalue weighted by Crippen LogP contribution is -2.09. The first-order chi connectivity index (χ1) is 7.72. The standard InChI is InChI=1S/C10H12N4OS/c1-2-9(15)12-6-3-4-8-7(5-6)13-10(14-11)16-8/h3-5H,2,11H2,1H3,(H,12,15)(H,13,14). The van der Waals surface area contributed by atoms with Gasteiger partial charge in [0.25, 0.3) is 0 Å². The second kappa shape index (κ2) is 4.46. The fourth-order valence-electron chi connectivity index (χ4n) is 1.32. The first kappa shape index (κ1) is 10.8. The summed E-state index contributed by atoms with van der Waals surface area (Å²) >= 11 is 1.47. The molecular weight excluding hydrogens is 224 g/mol. The summed E-state index contributed by atoms with van der Waals surface area (Å²) in [7, 11) is 0. The lowest BCUT2D eigenvalue weighted by Gasteiger charge is -2.02. The highest BCUT2D eigenvalue weighted by atomic mass is 32.1. The van der Waals surface area contributed by atoms with E-state index in [-0.39, 0.29) is 5.91 Å². The smallest absolute Gasteiger partial charge is 0.224 e. The molecule has 0 unspecified atom stereocenters. The molecule has 0 saturated heterocycles. The Bertz CT molecular complexity index is 523. The van der Waals surface area contributed by atoms with E-state index >= 15 is 0 Å². The molecule has 6 heteroatoms. The molecule has 0 aliphatic rings. The Labute approximate surface area is 96.6 Å². The Balaban J connectivity index is 2.32. The van der Waals surface area contributed by atoms with E-state index in [0.29, 0.717) is 11.6 Å². The van der Waals surface area contributed by atoms with Gasteiger partial charge in [-0.25, -0.2) is 10.8 Å². The van der Waals surface area contributed by atoms with Crippen molar-refractivity contribution in [3.05, 3.63) is 18.2 Å². The van der Waals surface area contributed by atoms with Crippen LogP contribution in [0.25, 0.3) is 10.2 Å². The summed E-state index contributed by atoms with van der Waals surface area (Å²) in [5.74, 6) is 5.27. The molecule has 0 aliphatic carbocycles. The SMILES string of the molecule is CCC(=O)Nc1ccc2sc(NN)nc2c1. The van der Waals surface area contributed by atoms with E-state index in [4.69, 9.17) is 5.84 Å². The summed E-state index contributed by atoms with van der Waals surface area (Å²) in [6.45, 7) is 1.81. The number of nitrogens with one attached hydrogen (secondary N) is 2. The first-order valence-electron chi connectivity index (χ1n) is 4.90. The molecule has 1 heterocycles. The maximum absolute atomic E-state index is 11.2. The van der Waals surface area contributed by atoms with Crippen molar-refractivity contribution < 1.29 is 4.79 Å². The van der Waals surface area contributed by atoms with Gasteiger partial charge in [0.05, 0.1) is 10.2 Å². The summed E-state index contributed by atoms with van der Waals surface area (Å²) in [5.41, 5.74) is 4.09. The minimum Gasteiger partial charge on any atom is -0.326 e. The van der Waals surface area contributed by atoms with Crippen molar-refractivity contribution in [3.8, 4) is 0 Å². The van der Waals surface area contributed by atoms with Gasteiger partial charge < -0.3 is 5.32 Å². The summed E-state index contributed by atoms with van der Waals surface area (Å²) in [6, 6.07) is 5.60. The van der Waals surface area contributed by atoms with Crippen molar-refractivity contribution in [2.24, 2.45) is 5.84 Å². The number of anilines is 2. The number of amides is 1. The summed E-state index contributed by atoms with van der Waals surface area (Å²) < 4.78 is 1.03. The molecule has 2 rings (SSSR count). The number of carbonyl (C=O) groups is 1. The fraction of sp³-hybridized carbons (Fsp3) is 0.200. The molecule has 1 amide bonds. The quantitative estimate of drug-likeness (QED) is 0.562. The molecule has 2 aromatic rings. The van der Waals surface area contributed by atoms with Gasteiger partial charge in [-0.15, -0.1) is 0 Å². The Morgan fingerprint density at radius 2 is 2.38 bits per heavy atom. The van der Waals surface area contributed by atoms with Gasteiger partial charge in [-0.3, -0.25) is 10.2 Å². The van der Waals surface area contributed by atoms with Crippen LogP contribution in [0.3, 0.4) is 0 Å². The van der Waals surface area contributed by atoms with E-state index in [9.17, 15) is 4.79 Å². The molecule has 4 N–H and O–H groups in total. The van der Waals surface area contributed by atoms with Crippen LogP contribution < -0.4 is 16.6 Å². The summed E-state index contributed by atoms with van der Waals surface area (Å²) in [6.07, 6.45) is 0.463. The Hall–Kier alpha value is -1.66. The number of benzene rings is 1. The zero-order valence-corrected chi connectivity index (χ0v) is 9.60. The lowest BCUT2D eigenvalue weighted by atomic mass is 10.3. The molecule has 0 spiro atoms. The fourth-order valence-corrected chi connectivity index (χ4v) is 2.07. The molecule has 0 saturated carbocycles. The van der Waals surface area contributed by atoms with Crippen LogP contribution in [-0.2, 0) is 4.79 Å². The monoisotopic (exact) mass is 236 g/mol. The zero-order valence-electron chi connectivity index (χ0n) is 8.78. The minimum absolute atomic E-state index is 0.00764. The number of nitrogens with two attached hydrogens (primary N) is 1. The average Bonchev–Trinajstić information content (AvgIpc) is 2.71. The predicted molar refractivity (Wildman–Crippen MR) is 66.4 cm³/mol. The van der Waals surface area contributed by atoms with Crippen LogP contribution in [0.4, 0.5) is 10.8 Å².